The number of hydrogen-bond acceptors (Lipinski definition) is 2. The number of halogens is 2. The first-order chi connectivity index (χ1) is 12.6. The highest BCUT2D eigenvalue weighted by Gasteiger charge is 2.19. The average Bonchev–Trinajstić information content (AvgIpc) is 2.66. The lowest BCUT2D eigenvalue weighted by Crippen LogP contribution is -1.95. The first-order valence-corrected chi connectivity index (χ1v) is 10.7. The zero-order valence-corrected chi connectivity index (χ0v) is 17.0. The molecule has 0 amide bonds. The standard InChI is InChI=1S/C21H14BrClO2S/c1-25-18-10-6-14-12-15(22)8-9-17(14)20(18)21-16-5-3-2-4-13(16)7-11-19(21)26(23)24/h2-12H,1H3/t26-/m1/s1. The average molecular weight is 446 g/mol. The van der Waals surface area contributed by atoms with Crippen molar-refractivity contribution in [2.75, 3.05) is 7.11 Å². The van der Waals surface area contributed by atoms with Gasteiger partial charge in [-0.3, -0.25) is 0 Å². The van der Waals surface area contributed by atoms with Gasteiger partial charge in [0.1, 0.15) is 15.8 Å². The van der Waals surface area contributed by atoms with Crippen molar-refractivity contribution in [3.05, 3.63) is 71.2 Å². The summed E-state index contributed by atoms with van der Waals surface area (Å²) in [6.07, 6.45) is 0. The van der Waals surface area contributed by atoms with Crippen LogP contribution in [-0.2, 0) is 10.0 Å². The van der Waals surface area contributed by atoms with Crippen LogP contribution in [0.2, 0.25) is 0 Å². The lowest BCUT2D eigenvalue weighted by atomic mass is 9.93. The van der Waals surface area contributed by atoms with E-state index < -0.39 is 10.0 Å². The van der Waals surface area contributed by atoms with Gasteiger partial charge in [-0.2, -0.15) is 0 Å². The molecular weight excluding hydrogens is 432 g/mol. The number of rotatable bonds is 3. The van der Waals surface area contributed by atoms with Gasteiger partial charge in [0.25, 0.3) is 0 Å². The quantitative estimate of drug-likeness (QED) is 0.328. The Kier molecular flexibility index (Phi) is 4.74. The Hall–Kier alpha value is -1.88. The molecule has 4 aromatic rings. The summed E-state index contributed by atoms with van der Waals surface area (Å²) in [5.74, 6) is 0.722. The first kappa shape index (κ1) is 17.5. The van der Waals surface area contributed by atoms with E-state index in [-0.39, 0.29) is 0 Å². The zero-order valence-electron chi connectivity index (χ0n) is 13.8. The lowest BCUT2D eigenvalue weighted by Gasteiger charge is -2.17. The van der Waals surface area contributed by atoms with Crippen LogP contribution in [-0.4, -0.2) is 11.3 Å². The third-order valence-electron chi connectivity index (χ3n) is 4.48. The maximum Gasteiger partial charge on any atom is 0.148 e. The van der Waals surface area contributed by atoms with E-state index in [4.69, 9.17) is 15.4 Å². The molecule has 0 heterocycles. The molecule has 0 fully saturated rings. The van der Waals surface area contributed by atoms with Crippen LogP contribution in [0.1, 0.15) is 0 Å². The highest BCUT2D eigenvalue weighted by Crippen LogP contribution is 2.44. The van der Waals surface area contributed by atoms with Crippen molar-refractivity contribution >= 4 is 58.2 Å². The summed E-state index contributed by atoms with van der Waals surface area (Å²) in [6.45, 7) is 0. The molecule has 0 N–H and O–H groups in total. The van der Waals surface area contributed by atoms with Gasteiger partial charge in [0.2, 0.25) is 0 Å². The molecule has 0 saturated heterocycles. The van der Waals surface area contributed by atoms with E-state index in [0.717, 1.165) is 42.9 Å². The van der Waals surface area contributed by atoms with Crippen LogP contribution in [0.25, 0.3) is 32.7 Å². The van der Waals surface area contributed by atoms with Crippen LogP contribution in [0.15, 0.2) is 76.1 Å². The molecule has 0 bridgehead atoms. The Morgan fingerprint density at radius 3 is 2.38 bits per heavy atom. The molecule has 0 spiro atoms. The zero-order chi connectivity index (χ0) is 18.3. The molecule has 4 aromatic carbocycles. The number of benzene rings is 4. The van der Waals surface area contributed by atoms with Crippen molar-refractivity contribution in [3.8, 4) is 16.9 Å². The summed E-state index contributed by atoms with van der Waals surface area (Å²) >= 11 is 3.53. The van der Waals surface area contributed by atoms with Crippen molar-refractivity contribution in [2.24, 2.45) is 0 Å². The number of fused-ring (bicyclic) bond motifs is 2. The summed E-state index contributed by atoms with van der Waals surface area (Å²) in [6, 6.07) is 21.8. The van der Waals surface area contributed by atoms with Gasteiger partial charge in [0, 0.05) is 15.6 Å². The molecule has 0 saturated carbocycles. The Labute approximate surface area is 166 Å². The van der Waals surface area contributed by atoms with Gasteiger partial charge in [0.05, 0.1) is 12.0 Å². The largest absolute Gasteiger partial charge is 0.496 e. The molecule has 2 nitrogen and oxygen atoms in total. The van der Waals surface area contributed by atoms with Gasteiger partial charge in [-0.25, -0.2) is 4.21 Å². The molecule has 0 aliphatic carbocycles. The second kappa shape index (κ2) is 7.03. The highest BCUT2D eigenvalue weighted by molar-refractivity contribution is 9.10. The van der Waals surface area contributed by atoms with Crippen molar-refractivity contribution in [1.29, 1.82) is 0 Å². The lowest BCUT2D eigenvalue weighted by molar-refractivity contribution is 0.417. The van der Waals surface area contributed by atoms with Crippen molar-refractivity contribution in [1.82, 2.24) is 0 Å². The molecule has 0 radical (unpaired) electrons. The number of methoxy groups -OCH3 is 1. The topological polar surface area (TPSA) is 26.3 Å². The van der Waals surface area contributed by atoms with Crippen molar-refractivity contribution in [2.45, 2.75) is 4.90 Å². The molecule has 0 aromatic heterocycles. The summed E-state index contributed by atoms with van der Waals surface area (Å²) < 4.78 is 19.0. The first-order valence-electron chi connectivity index (χ1n) is 7.96. The van der Waals surface area contributed by atoms with E-state index >= 15 is 0 Å². The van der Waals surface area contributed by atoms with Gasteiger partial charge in [-0.1, -0.05) is 58.4 Å². The van der Waals surface area contributed by atoms with Crippen LogP contribution in [0, 0.1) is 0 Å². The molecule has 1 atom stereocenters. The SMILES string of the molecule is COc1ccc2cc(Br)ccc2c1-c1c([S@@](=O)Cl)ccc2ccccc12. The molecule has 5 heteroatoms. The molecule has 130 valence electrons. The fourth-order valence-corrected chi connectivity index (χ4v) is 4.66. The predicted octanol–water partition coefficient (Wildman–Crippen LogP) is 6.69. The fourth-order valence-electron chi connectivity index (χ4n) is 3.35. The summed E-state index contributed by atoms with van der Waals surface area (Å²) in [5.41, 5.74) is 1.75. The summed E-state index contributed by atoms with van der Waals surface area (Å²) in [4.78, 5) is 0.582. The van der Waals surface area contributed by atoms with Crippen molar-refractivity contribution < 1.29 is 8.95 Å². The van der Waals surface area contributed by atoms with E-state index in [1.54, 1.807) is 7.11 Å². The van der Waals surface area contributed by atoms with E-state index in [2.05, 4.69) is 22.0 Å². The van der Waals surface area contributed by atoms with E-state index in [0.29, 0.717) is 4.90 Å². The second-order valence-electron chi connectivity index (χ2n) is 5.89. The van der Waals surface area contributed by atoms with Gasteiger partial charge in [0.15, 0.2) is 0 Å². The maximum atomic E-state index is 12.3. The minimum Gasteiger partial charge on any atom is -0.496 e. The van der Waals surface area contributed by atoms with E-state index in [9.17, 15) is 4.21 Å². The van der Waals surface area contributed by atoms with Crippen molar-refractivity contribution in [3.63, 3.8) is 0 Å². The van der Waals surface area contributed by atoms with Gasteiger partial charge < -0.3 is 4.74 Å². The molecular formula is C21H14BrClO2S. The Bertz CT molecular complexity index is 1170. The fraction of sp³-hybridized carbons (Fsp3) is 0.0476. The Morgan fingerprint density at radius 1 is 0.885 bits per heavy atom. The summed E-state index contributed by atoms with van der Waals surface area (Å²) in [7, 11) is 6.05. The van der Waals surface area contributed by atoms with Crippen LogP contribution in [0.3, 0.4) is 0 Å². The Balaban J connectivity index is 2.23. The van der Waals surface area contributed by atoms with Gasteiger partial charge in [-0.05, 0) is 56.5 Å². The predicted molar refractivity (Wildman–Crippen MR) is 113 cm³/mol. The van der Waals surface area contributed by atoms with E-state index in [1.807, 2.05) is 60.7 Å². The van der Waals surface area contributed by atoms with Gasteiger partial charge in [-0.15, -0.1) is 0 Å². The Morgan fingerprint density at radius 2 is 1.62 bits per heavy atom. The molecule has 26 heavy (non-hydrogen) atoms. The third-order valence-corrected chi connectivity index (χ3v) is 6.16. The maximum absolute atomic E-state index is 12.3. The van der Waals surface area contributed by atoms with Crippen LogP contribution >= 0.6 is 26.6 Å². The normalized spacial score (nSPS) is 12.4. The minimum atomic E-state index is -1.65. The monoisotopic (exact) mass is 444 g/mol. The highest BCUT2D eigenvalue weighted by atomic mass is 79.9. The molecule has 4 rings (SSSR count). The number of ether oxygens (including phenoxy) is 1. The van der Waals surface area contributed by atoms with Crippen LogP contribution in [0.5, 0.6) is 5.75 Å². The van der Waals surface area contributed by atoms with Crippen LogP contribution in [0.4, 0.5) is 0 Å². The number of hydrogen-bond donors (Lipinski definition) is 0. The smallest absolute Gasteiger partial charge is 0.148 e. The van der Waals surface area contributed by atoms with Gasteiger partial charge >= 0.3 is 0 Å². The third kappa shape index (κ3) is 2.92. The second-order valence-corrected chi connectivity index (χ2v) is 8.53. The molecule has 0 aliphatic rings. The summed E-state index contributed by atoms with van der Waals surface area (Å²) in [5, 5.41) is 4.14. The van der Waals surface area contributed by atoms with Crippen LogP contribution < -0.4 is 4.74 Å². The molecule has 0 unspecified atom stereocenters. The molecule has 0 aliphatic heterocycles. The van der Waals surface area contributed by atoms with E-state index in [1.165, 1.54) is 0 Å². The minimum absolute atomic E-state index is 0.582.